The van der Waals surface area contributed by atoms with E-state index in [9.17, 15) is 12.8 Å². The molecule has 2 aliphatic heterocycles. The summed E-state index contributed by atoms with van der Waals surface area (Å²) in [6.07, 6.45) is 0.744. The van der Waals surface area contributed by atoms with E-state index in [0.29, 0.717) is 18.7 Å². The maximum absolute atomic E-state index is 13.5. The maximum Gasteiger partial charge on any atom is 0.243 e. The molecule has 0 saturated carbocycles. The minimum atomic E-state index is -3.60. The standard InChI is InChI=1S/C12H14FNO3S/c1-8-2-3-11(5-12(8)13)18(15,16)14-6-10-4-9(14)7-17-10/h2-3,5,9-10H,4,6-7H2,1H3/t9-,10+/m0/s1. The lowest BCUT2D eigenvalue weighted by molar-refractivity contribution is 0.0608. The van der Waals surface area contributed by atoms with E-state index >= 15 is 0 Å². The van der Waals surface area contributed by atoms with Crippen molar-refractivity contribution in [1.29, 1.82) is 0 Å². The lowest BCUT2D eigenvalue weighted by Gasteiger charge is -2.26. The van der Waals surface area contributed by atoms with Crippen molar-refractivity contribution in [1.82, 2.24) is 4.31 Å². The fraction of sp³-hybridized carbons (Fsp3) is 0.500. The van der Waals surface area contributed by atoms with Gasteiger partial charge in [0.25, 0.3) is 0 Å². The van der Waals surface area contributed by atoms with Gasteiger partial charge < -0.3 is 4.74 Å². The van der Waals surface area contributed by atoms with E-state index in [0.717, 1.165) is 12.5 Å². The Balaban J connectivity index is 1.97. The summed E-state index contributed by atoms with van der Waals surface area (Å²) in [5, 5.41) is 0. The number of sulfonamides is 1. The van der Waals surface area contributed by atoms with Gasteiger partial charge in [-0.15, -0.1) is 0 Å². The van der Waals surface area contributed by atoms with E-state index in [2.05, 4.69) is 0 Å². The number of hydrogen-bond acceptors (Lipinski definition) is 3. The largest absolute Gasteiger partial charge is 0.375 e. The van der Waals surface area contributed by atoms with Crippen LogP contribution in [0.5, 0.6) is 0 Å². The molecule has 1 aromatic rings. The summed E-state index contributed by atoms with van der Waals surface area (Å²) < 4.78 is 45.1. The molecule has 1 aromatic carbocycles. The zero-order chi connectivity index (χ0) is 12.9. The van der Waals surface area contributed by atoms with Crippen LogP contribution in [0.1, 0.15) is 12.0 Å². The van der Waals surface area contributed by atoms with Crippen molar-refractivity contribution in [2.24, 2.45) is 0 Å². The molecule has 2 heterocycles. The molecule has 2 atom stereocenters. The van der Waals surface area contributed by atoms with E-state index in [-0.39, 0.29) is 17.0 Å². The van der Waals surface area contributed by atoms with Crippen molar-refractivity contribution >= 4 is 10.0 Å². The van der Waals surface area contributed by atoms with Crippen molar-refractivity contribution < 1.29 is 17.5 Å². The van der Waals surface area contributed by atoms with Gasteiger partial charge in [-0.25, -0.2) is 12.8 Å². The Bertz CT molecular complexity index is 587. The van der Waals surface area contributed by atoms with Gasteiger partial charge in [0.1, 0.15) is 5.82 Å². The monoisotopic (exact) mass is 271 g/mol. The van der Waals surface area contributed by atoms with Gasteiger partial charge in [-0.1, -0.05) is 6.07 Å². The van der Waals surface area contributed by atoms with Gasteiger partial charge >= 0.3 is 0 Å². The highest BCUT2D eigenvalue weighted by atomic mass is 32.2. The Hall–Kier alpha value is -0.980. The SMILES string of the molecule is Cc1ccc(S(=O)(=O)N2C[C@H]3C[C@H]2CO3)cc1F. The number of ether oxygens (including phenoxy) is 1. The lowest BCUT2D eigenvalue weighted by atomic mass is 10.2. The van der Waals surface area contributed by atoms with Crippen molar-refractivity contribution in [2.45, 2.75) is 30.4 Å². The molecule has 98 valence electrons. The molecule has 2 aliphatic rings. The Labute approximate surface area is 105 Å². The zero-order valence-corrected chi connectivity index (χ0v) is 10.8. The summed E-state index contributed by atoms with van der Waals surface area (Å²) in [7, 11) is -3.60. The first-order valence-corrected chi connectivity index (χ1v) is 7.32. The van der Waals surface area contributed by atoms with Crippen molar-refractivity contribution in [3.8, 4) is 0 Å². The predicted molar refractivity (Wildman–Crippen MR) is 63.2 cm³/mol. The number of morpholine rings is 1. The second-order valence-corrected chi connectivity index (χ2v) is 6.72. The van der Waals surface area contributed by atoms with Crippen LogP contribution in [-0.4, -0.2) is 38.0 Å². The van der Waals surface area contributed by atoms with Gasteiger partial charge in [0.2, 0.25) is 10.0 Å². The van der Waals surface area contributed by atoms with Crippen LogP contribution in [0.3, 0.4) is 0 Å². The highest BCUT2D eigenvalue weighted by molar-refractivity contribution is 7.89. The van der Waals surface area contributed by atoms with Gasteiger partial charge in [0, 0.05) is 6.54 Å². The first kappa shape index (κ1) is 12.1. The van der Waals surface area contributed by atoms with Crippen LogP contribution < -0.4 is 0 Å². The van der Waals surface area contributed by atoms with E-state index in [1.807, 2.05) is 0 Å². The normalized spacial score (nSPS) is 27.9. The molecule has 0 radical (unpaired) electrons. The summed E-state index contributed by atoms with van der Waals surface area (Å²) >= 11 is 0. The Morgan fingerprint density at radius 1 is 1.44 bits per heavy atom. The molecule has 0 amide bonds. The van der Waals surface area contributed by atoms with E-state index < -0.39 is 15.8 Å². The highest BCUT2D eigenvalue weighted by Crippen LogP contribution is 2.33. The number of rotatable bonds is 2. The fourth-order valence-corrected chi connectivity index (χ4v) is 4.19. The third kappa shape index (κ3) is 1.75. The predicted octanol–water partition coefficient (Wildman–Crippen LogP) is 1.30. The quantitative estimate of drug-likeness (QED) is 0.814. The van der Waals surface area contributed by atoms with Gasteiger partial charge in [0.05, 0.1) is 23.6 Å². The summed E-state index contributed by atoms with van der Waals surface area (Å²) in [5.41, 5.74) is 0.445. The van der Waals surface area contributed by atoms with Crippen molar-refractivity contribution in [3.05, 3.63) is 29.6 Å². The first-order valence-electron chi connectivity index (χ1n) is 5.88. The fourth-order valence-electron chi connectivity index (χ4n) is 2.53. The minimum Gasteiger partial charge on any atom is -0.375 e. The smallest absolute Gasteiger partial charge is 0.243 e. The van der Waals surface area contributed by atoms with Crippen molar-refractivity contribution in [2.75, 3.05) is 13.2 Å². The minimum absolute atomic E-state index is 0.0000651. The number of nitrogens with zero attached hydrogens (tertiary/aromatic N) is 1. The van der Waals surface area contributed by atoms with Crippen LogP contribution in [0.15, 0.2) is 23.1 Å². The number of hydrogen-bond donors (Lipinski definition) is 0. The molecule has 2 fully saturated rings. The second-order valence-electron chi connectivity index (χ2n) is 4.83. The second kappa shape index (κ2) is 4.01. The zero-order valence-electron chi connectivity index (χ0n) is 9.97. The van der Waals surface area contributed by atoms with Crippen LogP contribution in [0.4, 0.5) is 4.39 Å². The number of benzene rings is 1. The third-order valence-electron chi connectivity index (χ3n) is 3.60. The molecular weight excluding hydrogens is 257 g/mol. The molecule has 2 saturated heterocycles. The molecule has 3 rings (SSSR count). The Kier molecular flexibility index (Phi) is 2.69. The average molecular weight is 271 g/mol. The number of fused-ring (bicyclic) bond motifs is 2. The molecule has 2 bridgehead atoms. The van der Waals surface area contributed by atoms with E-state index in [1.165, 1.54) is 16.4 Å². The van der Waals surface area contributed by atoms with E-state index in [4.69, 9.17) is 4.74 Å². The van der Waals surface area contributed by atoms with E-state index in [1.54, 1.807) is 6.92 Å². The van der Waals surface area contributed by atoms with Crippen LogP contribution in [0.25, 0.3) is 0 Å². The topological polar surface area (TPSA) is 46.6 Å². The number of halogens is 1. The Morgan fingerprint density at radius 2 is 2.22 bits per heavy atom. The summed E-state index contributed by atoms with van der Waals surface area (Å²) in [6.45, 7) is 2.43. The molecule has 4 nitrogen and oxygen atoms in total. The highest BCUT2D eigenvalue weighted by Gasteiger charge is 2.45. The summed E-state index contributed by atoms with van der Waals surface area (Å²) in [6, 6.07) is 3.95. The number of aryl methyl sites for hydroxylation is 1. The van der Waals surface area contributed by atoms with Crippen LogP contribution in [-0.2, 0) is 14.8 Å². The van der Waals surface area contributed by atoms with Gasteiger partial charge in [-0.3, -0.25) is 0 Å². The first-order chi connectivity index (χ1) is 8.48. The van der Waals surface area contributed by atoms with Crippen LogP contribution >= 0.6 is 0 Å². The molecule has 0 spiro atoms. The molecule has 0 unspecified atom stereocenters. The van der Waals surface area contributed by atoms with Gasteiger partial charge in [0.15, 0.2) is 0 Å². The maximum atomic E-state index is 13.5. The van der Waals surface area contributed by atoms with Crippen molar-refractivity contribution in [3.63, 3.8) is 0 Å². The van der Waals surface area contributed by atoms with Gasteiger partial charge in [-0.05, 0) is 31.0 Å². The molecule has 6 heteroatoms. The summed E-state index contributed by atoms with van der Waals surface area (Å²) in [5.74, 6) is -0.489. The molecule has 18 heavy (non-hydrogen) atoms. The Morgan fingerprint density at radius 3 is 2.78 bits per heavy atom. The van der Waals surface area contributed by atoms with Crippen LogP contribution in [0.2, 0.25) is 0 Å². The summed E-state index contributed by atoms with van der Waals surface area (Å²) in [4.78, 5) is 0.0261. The third-order valence-corrected chi connectivity index (χ3v) is 5.51. The molecule has 0 aromatic heterocycles. The van der Waals surface area contributed by atoms with Crippen LogP contribution in [0, 0.1) is 12.7 Å². The molecular formula is C12H14FNO3S. The lowest BCUT2D eigenvalue weighted by Crippen LogP contribution is -2.41. The van der Waals surface area contributed by atoms with Gasteiger partial charge in [-0.2, -0.15) is 4.31 Å². The average Bonchev–Trinajstić information content (AvgIpc) is 2.94. The molecule has 0 N–H and O–H groups in total. The molecule has 0 aliphatic carbocycles.